The Hall–Kier alpha value is -1.34. The van der Waals surface area contributed by atoms with Gasteiger partial charge >= 0.3 is 0 Å². The second kappa shape index (κ2) is 7.28. The number of carbonyl (C=O) groups excluding carboxylic acids is 1. The molecule has 0 saturated heterocycles. The van der Waals surface area contributed by atoms with Crippen molar-refractivity contribution in [3.05, 3.63) is 28.6 Å². The molecule has 8 heteroatoms. The first-order valence-electron chi connectivity index (χ1n) is 6.21. The number of anilines is 1. The van der Waals surface area contributed by atoms with Gasteiger partial charge in [0.15, 0.2) is 5.13 Å². The summed E-state index contributed by atoms with van der Waals surface area (Å²) in [5, 5.41) is 5.55. The number of nitrogens with one attached hydrogen (secondary N) is 1. The maximum Gasteiger partial charge on any atom is 0.245 e. The van der Waals surface area contributed by atoms with Gasteiger partial charge in [0.05, 0.1) is 23.4 Å². The Morgan fingerprint density at radius 2 is 2.14 bits per heavy atom. The number of nitrogens with two attached hydrogens (primary N) is 1. The molecule has 22 heavy (non-hydrogen) atoms. The van der Waals surface area contributed by atoms with Gasteiger partial charge in [0, 0.05) is 10.9 Å². The highest BCUT2D eigenvalue weighted by atomic mass is 35.5. The second-order valence-corrected chi connectivity index (χ2v) is 6.33. The molecule has 0 spiro atoms. The van der Waals surface area contributed by atoms with Crippen molar-refractivity contribution in [2.45, 2.75) is 19.4 Å². The highest BCUT2D eigenvalue weighted by molar-refractivity contribution is 7.14. The fourth-order valence-electron chi connectivity index (χ4n) is 1.55. The van der Waals surface area contributed by atoms with Gasteiger partial charge in [0.25, 0.3) is 0 Å². The Kier molecular flexibility index (Phi) is 6.19. The zero-order chi connectivity index (χ0) is 15.6. The lowest BCUT2D eigenvalue weighted by Crippen LogP contribution is -2.45. The van der Waals surface area contributed by atoms with Gasteiger partial charge < -0.3 is 15.8 Å². The Morgan fingerprint density at radius 1 is 1.45 bits per heavy atom. The van der Waals surface area contributed by atoms with Crippen LogP contribution in [0.4, 0.5) is 5.13 Å². The van der Waals surface area contributed by atoms with E-state index in [1.54, 1.807) is 33.1 Å². The normalized spacial score (nSPS) is 10.8. The van der Waals surface area contributed by atoms with Gasteiger partial charge in [-0.05, 0) is 32.0 Å². The lowest BCUT2D eigenvalue weighted by atomic mass is 10.1. The predicted molar refractivity (Wildman–Crippen MR) is 93.3 cm³/mol. The molecule has 2 aromatic rings. The van der Waals surface area contributed by atoms with Gasteiger partial charge in [0.2, 0.25) is 5.91 Å². The van der Waals surface area contributed by atoms with Crippen LogP contribution in [0.25, 0.3) is 11.3 Å². The molecule has 0 fully saturated rings. The average molecular weight is 362 g/mol. The van der Waals surface area contributed by atoms with E-state index in [0.717, 1.165) is 11.3 Å². The van der Waals surface area contributed by atoms with Crippen LogP contribution in [0.2, 0.25) is 5.02 Å². The fourth-order valence-corrected chi connectivity index (χ4v) is 2.52. The number of halogens is 2. The van der Waals surface area contributed by atoms with Crippen molar-refractivity contribution in [2.24, 2.45) is 5.73 Å². The van der Waals surface area contributed by atoms with Crippen LogP contribution >= 0.6 is 35.3 Å². The smallest absolute Gasteiger partial charge is 0.245 e. The molecule has 1 heterocycles. The minimum absolute atomic E-state index is 0. The first-order chi connectivity index (χ1) is 9.81. The first-order valence-corrected chi connectivity index (χ1v) is 7.47. The van der Waals surface area contributed by atoms with Crippen LogP contribution in [-0.4, -0.2) is 23.5 Å². The molecule has 1 amide bonds. The molecule has 2 rings (SSSR count). The summed E-state index contributed by atoms with van der Waals surface area (Å²) >= 11 is 7.43. The lowest BCUT2D eigenvalue weighted by molar-refractivity contribution is -0.120. The SMILES string of the molecule is COc1ccc(-c2csc(NC(=O)C(C)(C)N)n2)cc1Cl.Cl. The molecular weight excluding hydrogens is 345 g/mol. The Labute approximate surface area is 144 Å². The molecule has 0 radical (unpaired) electrons. The molecule has 0 unspecified atom stereocenters. The summed E-state index contributed by atoms with van der Waals surface area (Å²) in [6.45, 7) is 3.28. The average Bonchev–Trinajstić information content (AvgIpc) is 2.86. The van der Waals surface area contributed by atoms with Crippen molar-refractivity contribution in [1.29, 1.82) is 0 Å². The summed E-state index contributed by atoms with van der Waals surface area (Å²) in [6.07, 6.45) is 0. The number of aromatic nitrogens is 1. The maximum absolute atomic E-state index is 11.8. The first kappa shape index (κ1) is 18.7. The molecule has 1 aromatic heterocycles. The fraction of sp³-hybridized carbons (Fsp3) is 0.286. The third-order valence-corrected chi connectivity index (χ3v) is 3.81. The molecular formula is C14H17Cl2N3O2S. The second-order valence-electron chi connectivity index (χ2n) is 5.06. The predicted octanol–water partition coefficient (Wildman–Crippen LogP) is 3.57. The number of benzene rings is 1. The van der Waals surface area contributed by atoms with E-state index in [1.807, 2.05) is 11.4 Å². The van der Waals surface area contributed by atoms with E-state index in [-0.39, 0.29) is 18.3 Å². The largest absolute Gasteiger partial charge is 0.495 e. The van der Waals surface area contributed by atoms with Crippen LogP contribution in [0.15, 0.2) is 23.6 Å². The van der Waals surface area contributed by atoms with E-state index in [2.05, 4.69) is 10.3 Å². The summed E-state index contributed by atoms with van der Waals surface area (Å²) in [7, 11) is 1.56. The van der Waals surface area contributed by atoms with E-state index in [9.17, 15) is 4.79 Å². The summed E-state index contributed by atoms with van der Waals surface area (Å²) in [6, 6.07) is 5.41. The van der Waals surface area contributed by atoms with E-state index < -0.39 is 5.54 Å². The van der Waals surface area contributed by atoms with Gasteiger partial charge in [-0.25, -0.2) is 4.98 Å². The van der Waals surface area contributed by atoms with E-state index in [4.69, 9.17) is 22.1 Å². The summed E-state index contributed by atoms with van der Waals surface area (Å²) in [5.74, 6) is 0.324. The molecule has 1 aromatic carbocycles. The summed E-state index contributed by atoms with van der Waals surface area (Å²) in [4.78, 5) is 16.2. The number of carbonyl (C=O) groups is 1. The highest BCUT2D eigenvalue weighted by Crippen LogP contribution is 2.31. The molecule has 0 atom stereocenters. The molecule has 0 aliphatic rings. The van der Waals surface area contributed by atoms with Crippen molar-refractivity contribution >= 4 is 46.4 Å². The molecule has 0 aliphatic heterocycles. The number of hydrogen-bond donors (Lipinski definition) is 2. The van der Waals surface area contributed by atoms with Gasteiger partial charge in [0.1, 0.15) is 5.75 Å². The minimum atomic E-state index is -0.949. The number of methoxy groups -OCH3 is 1. The number of rotatable bonds is 4. The minimum Gasteiger partial charge on any atom is -0.495 e. The van der Waals surface area contributed by atoms with Crippen molar-refractivity contribution in [2.75, 3.05) is 12.4 Å². The number of ether oxygens (including phenoxy) is 1. The third kappa shape index (κ3) is 4.33. The van der Waals surface area contributed by atoms with Gasteiger partial charge in [-0.3, -0.25) is 4.79 Å². The maximum atomic E-state index is 11.8. The molecule has 0 aliphatic carbocycles. The Balaban J connectivity index is 0.00000242. The quantitative estimate of drug-likeness (QED) is 0.872. The van der Waals surface area contributed by atoms with E-state index in [0.29, 0.717) is 15.9 Å². The van der Waals surface area contributed by atoms with E-state index in [1.165, 1.54) is 11.3 Å². The molecule has 0 bridgehead atoms. The van der Waals surface area contributed by atoms with Crippen LogP contribution in [0.1, 0.15) is 13.8 Å². The molecule has 120 valence electrons. The topological polar surface area (TPSA) is 77.2 Å². The van der Waals surface area contributed by atoms with Gasteiger partial charge in [-0.2, -0.15) is 0 Å². The number of hydrogen-bond acceptors (Lipinski definition) is 5. The van der Waals surface area contributed by atoms with Gasteiger partial charge in [-0.15, -0.1) is 23.7 Å². The molecule has 3 N–H and O–H groups in total. The summed E-state index contributed by atoms with van der Waals surface area (Å²) < 4.78 is 5.11. The zero-order valence-electron chi connectivity index (χ0n) is 12.3. The van der Waals surface area contributed by atoms with Crippen LogP contribution in [0.5, 0.6) is 5.75 Å². The van der Waals surface area contributed by atoms with Crippen LogP contribution in [0.3, 0.4) is 0 Å². The Bertz CT molecular complexity index is 668. The van der Waals surface area contributed by atoms with Gasteiger partial charge in [-0.1, -0.05) is 11.6 Å². The monoisotopic (exact) mass is 361 g/mol. The summed E-state index contributed by atoms with van der Waals surface area (Å²) in [5.41, 5.74) is 6.36. The van der Waals surface area contributed by atoms with Crippen LogP contribution in [-0.2, 0) is 4.79 Å². The standard InChI is InChI=1S/C14H16ClN3O2S.ClH/c1-14(2,16)12(19)18-13-17-10(7-21-13)8-4-5-11(20-3)9(15)6-8;/h4-7H,16H2,1-3H3,(H,17,18,19);1H. The van der Waals surface area contributed by atoms with E-state index >= 15 is 0 Å². The number of amides is 1. The third-order valence-electron chi connectivity index (χ3n) is 2.76. The van der Waals surface area contributed by atoms with Crippen molar-refractivity contribution < 1.29 is 9.53 Å². The molecule has 5 nitrogen and oxygen atoms in total. The Morgan fingerprint density at radius 3 is 2.68 bits per heavy atom. The zero-order valence-corrected chi connectivity index (χ0v) is 14.7. The van der Waals surface area contributed by atoms with Crippen molar-refractivity contribution in [1.82, 2.24) is 4.98 Å². The number of thiazole rings is 1. The highest BCUT2D eigenvalue weighted by Gasteiger charge is 2.22. The lowest BCUT2D eigenvalue weighted by Gasteiger charge is -2.16. The van der Waals surface area contributed by atoms with Crippen LogP contribution in [0, 0.1) is 0 Å². The molecule has 0 saturated carbocycles. The van der Waals surface area contributed by atoms with Crippen LogP contribution < -0.4 is 15.8 Å². The van der Waals surface area contributed by atoms with Crippen molar-refractivity contribution in [3.8, 4) is 17.0 Å². The van der Waals surface area contributed by atoms with Crippen molar-refractivity contribution in [3.63, 3.8) is 0 Å². The number of nitrogens with zero attached hydrogens (tertiary/aromatic N) is 1.